The van der Waals surface area contributed by atoms with E-state index in [2.05, 4.69) is 18.8 Å². The van der Waals surface area contributed by atoms with Crippen LogP contribution in [0.1, 0.15) is 30.9 Å². The first-order valence-electron chi connectivity index (χ1n) is 4.12. The van der Waals surface area contributed by atoms with Crippen molar-refractivity contribution in [3.8, 4) is 0 Å². The molecular weight excluding hydrogens is 150 g/mol. The van der Waals surface area contributed by atoms with Crippen LogP contribution in [0.3, 0.4) is 0 Å². The maximum Gasteiger partial charge on any atom is 0.124 e. The predicted molar refractivity (Wildman–Crippen MR) is 48.1 cm³/mol. The van der Waals surface area contributed by atoms with Gasteiger partial charge in [0, 0.05) is 18.8 Å². The highest BCUT2D eigenvalue weighted by molar-refractivity contribution is 5.55. The van der Waals surface area contributed by atoms with E-state index in [1.165, 1.54) is 5.56 Å². The average molecular weight is 163 g/mol. The van der Waals surface area contributed by atoms with E-state index in [1.54, 1.807) is 12.4 Å². The maximum atomic E-state index is 10.3. The molecule has 0 saturated carbocycles. The van der Waals surface area contributed by atoms with Crippen molar-refractivity contribution in [2.75, 3.05) is 0 Å². The fourth-order valence-corrected chi connectivity index (χ4v) is 1.26. The molecule has 0 unspecified atom stereocenters. The van der Waals surface area contributed by atoms with Crippen LogP contribution in [0.2, 0.25) is 0 Å². The first-order valence-corrected chi connectivity index (χ1v) is 4.12. The van der Waals surface area contributed by atoms with Crippen molar-refractivity contribution in [2.45, 2.75) is 26.2 Å². The van der Waals surface area contributed by atoms with Crippen molar-refractivity contribution >= 4 is 6.29 Å². The Morgan fingerprint density at radius 2 is 2.33 bits per heavy atom. The van der Waals surface area contributed by atoms with Crippen LogP contribution in [0.5, 0.6) is 0 Å². The molecule has 2 heteroatoms. The summed E-state index contributed by atoms with van der Waals surface area (Å²) >= 11 is 0. The Labute approximate surface area is 72.6 Å². The highest BCUT2D eigenvalue weighted by Gasteiger charge is 2.04. The first kappa shape index (κ1) is 8.91. The molecule has 0 amide bonds. The van der Waals surface area contributed by atoms with Gasteiger partial charge in [-0.3, -0.25) is 4.98 Å². The van der Waals surface area contributed by atoms with Crippen LogP contribution in [-0.2, 0) is 11.2 Å². The number of pyridine rings is 1. The zero-order chi connectivity index (χ0) is 8.97. The Morgan fingerprint density at radius 3 is 2.92 bits per heavy atom. The smallest absolute Gasteiger partial charge is 0.124 e. The number of rotatable bonds is 3. The van der Waals surface area contributed by atoms with Crippen molar-refractivity contribution in [1.82, 2.24) is 4.98 Å². The minimum Gasteiger partial charge on any atom is -0.303 e. The molecule has 0 saturated heterocycles. The molecule has 1 heterocycles. The number of hydrogen-bond donors (Lipinski definition) is 0. The molecule has 0 aliphatic rings. The molecule has 0 fully saturated rings. The monoisotopic (exact) mass is 163 g/mol. The van der Waals surface area contributed by atoms with Crippen LogP contribution in [0, 0.1) is 0 Å². The largest absolute Gasteiger partial charge is 0.303 e. The van der Waals surface area contributed by atoms with Gasteiger partial charge in [0.2, 0.25) is 0 Å². The molecule has 0 aliphatic heterocycles. The third-order valence-electron chi connectivity index (χ3n) is 1.87. The Hall–Kier alpha value is -1.18. The van der Waals surface area contributed by atoms with E-state index in [-0.39, 0.29) is 0 Å². The number of aldehydes is 1. The van der Waals surface area contributed by atoms with Crippen LogP contribution < -0.4 is 0 Å². The Balaban J connectivity index is 2.99. The van der Waals surface area contributed by atoms with E-state index in [9.17, 15) is 4.79 Å². The normalized spacial score (nSPS) is 10.2. The third-order valence-corrected chi connectivity index (χ3v) is 1.87. The molecule has 12 heavy (non-hydrogen) atoms. The van der Waals surface area contributed by atoms with Gasteiger partial charge < -0.3 is 4.79 Å². The van der Waals surface area contributed by atoms with Gasteiger partial charge in [-0.2, -0.15) is 0 Å². The fraction of sp³-hybridized carbons (Fsp3) is 0.400. The molecule has 1 rings (SSSR count). The van der Waals surface area contributed by atoms with Gasteiger partial charge in [-0.25, -0.2) is 0 Å². The predicted octanol–water partition coefficient (Wildman–Crippen LogP) is 1.95. The molecule has 0 radical (unpaired) electrons. The second-order valence-corrected chi connectivity index (χ2v) is 3.10. The first-order chi connectivity index (χ1) is 5.75. The van der Waals surface area contributed by atoms with Crippen molar-refractivity contribution in [3.63, 3.8) is 0 Å². The van der Waals surface area contributed by atoms with Gasteiger partial charge in [0.25, 0.3) is 0 Å². The summed E-state index contributed by atoms with van der Waals surface area (Å²) in [4.78, 5) is 14.3. The molecule has 0 spiro atoms. The Morgan fingerprint density at radius 1 is 1.58 bits per heavy atom. The van der Waals surface area contributed by atoms with Crippen LogP contribution >= 0.6 is 0 Å². The van der Waals surface area contributed by atoms with E-state index >= 15 is 0 Å². The van der Waals surface area contributed by atoms with Gasteiger partial charge in [-0.15, -0.1) is 0 Å². The highest BCUT2D eigenvalue weighted by atomic mass is 16.1. The Kier molecular flexibility index (Phi) is 2.97. The SMILES string of the molecule is CC(C)c1ccncc1CC=O. The summed E-state index contributed by atoms with van der Waals surface area (Å²) in [6.07, 6.45) is 4.93. The number of aromatic nitrogens is 1. The summed E-state index contributed by atoms with van der Waals surface area (Å²) < 4.78 is 0. The summed E-state index contributed by atoms with van der Waals surface area (Å²) in [6, 6.07) is 1.98. The molecule has 1 aromatic rings. The Bertz CT molecular complexity index is 268. The maximum absolute atomic E-state index is 10.3. The van der Waals surface area contributed by atoms with Crippen molar-refractivity contribution in [3.05, 3.63) is 29.6 Å². The van der Waals surface area contributed by atoms with Crippen LogP contribution in [0.15, 0.2) is 18.5 Å². The lowest BCUT2D eigenvalue weighted by Crippen LogP contribution is -1.97. The van der Waals surface area contributed by atoms with E-state index < -0.39 is 0 Å². The molecule has 0 N–H and O–H groups in total. The molecular formula is C10H13NO. The number of carbonyl (C=O) groups is 1. The molecule has 2 nitrogen and oxygen atoms in total. The van der Waals surface area contributed by atoms with Gasteiger partial charge in [0.1, 0.15) is 6.29 Å². The topological polar surface area (TPSA) is 30.0 Å². The summed E-state index contributed by atoms with van der Waals surface area (Å²) in [5, 5.41) is 0. The van der Waals surface area contributed by atoms with Gasteiger partial charge in [0.15, 0.2) is 0 Å². The lowest BCUT2D eigenvalue weighted by molar-refractivity contribution is -0.107. The van der Waals surface area contributed by atoms with Gasteiger partial charge in [-0.1, -0.05) is 13.8 Å². The molecule has 0 aliphatic carbocycles. The molecule has 64 valence electrons. The lowest BCUT2D eigenvalue weighted by Gasteiger charge is -2.08. The van der Waals surface area contributed by atoms with Crippen LogP contribution in [0.25, 0.3) is 0 Å². The zero-order valence-electron chi connectivity index (χ0n) is 7.45. The van der Waals surface area contributed by atoms with Gasteiger partial charge in [-0.05, 0) is 23.1 Å². The summed E-state index contributed by atoms with van der Waals surface area (Å²) in [5.74, 6) is 0.461. The number of hydrogen-bond acceptors (Lipinski definition) is 2. The number of nitrogens with zero attached hydrogens (tertiary/aromatic N) is 1. The summed E-state index contributed by atoms with van der Waals surface area (Å²) in [5.41, 5.74) is 2.26. The van der Waals surface area contributed by atoms with E-state index in [4.69, 9.17) is 0 Å². The molecule has 0 bridgehead atoms. The second-order valence-electron chi connectivity index (χ2n) is 3.10. The van der Waals surface area contributed by atoms with E-state index in [0.29, 0.717) is 12.3 Å². The fourth-order valence-electron chi connectivity index (χ4n) is 1.26. The van der Waals surface area contributed by atoms with Crippen molar-refractivity contribution in [1.29, 1.82) is 0 Å². The molecule has 0 aromatic carbocycles. The van der Waals surface area contributed by atoms with E-state index in [1.807, 2.05) is 6.07 Å². The molecule has 1 aromatic heterocycles. The van der Waals surface area contributed by atoms with Crippen LogP contribution in [-0.4, -0.2) is 11.3 Å². The van der Waals surface area contributed by atoms with Gasteiger partial charge >= 0.3 is 0 Å². The van der Waals surface area contributed by atoms with Crippen molar-refractivity contribution in [2.24, 2.45) is 0 Å². The third kappa shape index (κ3) is 1.91. The lowest BCUT2D eigenvalue weighted by atomic mass is 9.98. The highest BCUT2D eigenvalue weighted by Crippen LogP contribution is 2.17. The van der Waals surface area contributed by atoms with Crippen LogP contribution in [0.4, 0.5) is 0 Å². The van der Waals surface area contributed by atoms with E-state index in [0.717, 1.165) is 11.8 Å². The summed E-state index contributed by atoms with van der Waals surface area (Å²) in [7, 11) is 0. The standard InChI is InChI=1S/C10H13NO/c1-8(2)10-3-5-11-7-9(10)4-6-12/h3,5-8H,4H2,1-2H3. The summed E-state index contributed by atoms with van der Waals surface area (Å²) in [6.45, 7) is 4.23. The zero-order valence-corrected chi connectivity index (χ0v) is 7.45. The van der Waals surface area contributed by atoms with Crippen molar-refractivity contribution < 1.29 is 4.79 Å². The minimum atomic E-state index is 0.461. The number of carbonyl (C=O) groups excluding carboxylic acids is 1. The minimum absolute atomic E-state index is 0.461. The van der Waals surface area contributed by atoms with Gasteiger partial charge in [0.05, 0.1) is 0 Å². The molecule has 0 atom stereocenters. The second kappa shape index (κ2) is 4.00. The average Bonchev–Trinajstić information content (AvgIpc) is 2.05. The quantitative estimate of drug-likeness (QED) is 0.637.